The molecule has 0 aliphatic heterocycles. The molecule has 0 bridgehead atoms. The van der Waals surface area contributed by atoms with E-state index in [-0.39, 0.29) is 11.4 Å². The first kappa shape index (κ1) is 16.6. The monoisotopic (exact) mass is 282 g/mol. The molecule has 0 aliphatic rings. The Kier molecular flexibility index (Phi) is 5.28. The SMILES string of the molecule is CCC(C)(CC(C)(C)n1cc(COC)nn1)C(=O)NC. The van der Waals surface area contributed by atoms with Crippen LogP contribution in [0.2, 0.25) is 0 Å². The van der Waals surface area contributed by atoms with Crippen molar-refractivity contribution >= 4 is 5.91 Å². The normalized spacial score (nSPS) is 14.9. The fourth-order valence-electron chi connectivity index (χ4n) is 2.51. The summed E-state index contributed by atoms with van der Waals surface area (Å²) in [4.78, 5) is 12.1. The van der Waals surface area contributed by atoms with Gasteiger partial charge in [0, 0.05) is 19.6 Å². The van der Waals surface area contributed by atoms with Gasteiger partial charge in [0.1, 0.15) is 5.69 Å². The van der Waals surface area contributed by atoms with Crippen LogP contribution in [0, 0.1) is 5.41 Å². The number of hydrogen-bond donors (Lipinski definition) is 1. The van der Waals surface area contributed by atoms with E-state index in [2.05, 4.69) is 29.5 Å². The Balaban J connectivity index is 2.94. The maximum atomic E-state index is 12.1. The van der Waals surface area contributed by atoms with Gasteiger partial charge in [0.05, 0.1) is 18.3 Å². The van der Waals surface area contributed by atoms with E-state index in [1.807, 2.05) is 24.7 Å². The standard InChI is InChI=1S/C14H26N4O2/c1-7-14(4,12(19)15-5)10-13(2,3)18-8-11(9-20-6)16-17-18/h8H,7,9-10H2,1-6H3,(H,15,19). The molecule has 1 aromatic rings. The van der Waals surface area contributed by atoms with E-state index in [4.69, 9.17) is 4.74 Å². The van der Waals surface area contributed by atoms with Crippen molar-refractivity contribution < 1.29 is 9.53 Å². The summed E-state index contributed by atoms with van der Waals surface area (Å²) in [6.45, 7) is 8.59. The third-order valence-corrected chi connectivity index (χ3v) is 3.83. The lowest BCUT2D eigenvalue weighted by molar-refractivity contribution is -0.131. The Morgan fingerprint density at radius 1 is 1.45 bits per heavy atom. The van der Waals surface area contributed by atoms with Crippen molar-refractivity contribution in [2.75, 3.05) is 14.2 Å². The van der Waals surface area contributed by atoms with Crippen LogP contribution in [0.5, 0.6) is 0 Å². The molecule has 1 rings (SSSR count). The molecule has 6 heteroatoms. The number of aromatic nitrogens is 3. The number of hydrogen-bond acceptors (Lipinski definition) is 4. The van der Waals surface area contributed by atoms with Gasteiger partial charge in [-0.1, -0.05) is 19.1 Å². The molecule has 0 radical (unpaired) electrons. The van der Waals surface area contributed by atoms with Gasteiger partial charge in [-0.3, -0.25) is 4.79 Å². The molecule has 0 saturated carbocycles. The van der Waals surface area contributed by atoms with Crippen molar-refractivity contribution in [2.24, 2.45) is 5.41 Å². The predicted molar refractivity (Wildman–Crippen MR) is 77.1 cm³/mol. The van der Waals surface area contributed by atoms with Crippen molar-refractivity contribution in [1.29, 1.82) is 0 Å². The van der Waals surface area contributed by atoms with Crippen molar-refractivity contribution in [2.45, 2.75) is 52.7 Å². The van der Waals surface area contributed by atoms with Crippen LogP contribution < -0.4 is 5.32 Å². The van der Waals surface area contributed by atoms with Gasteiger partial charge in [-0.15, -0.1) is 5.10 Å². The number of amides is 1. The minimum Gasteiger partial charge on any atom is -0.378 e. The van der Waals surface area contributed by atoms with Crippen LogP contribution in [0.3, 0.4) is 0 Å². The van der Waals surface area contributed by atoms with Gasteiger partial charge in [0.25, 0.3) is 0 Å². The Morgan fingerprint density at radius 3 is 2.60 bits per heavy atom. The number of methoxy groups -OCH3 is 1. The van der Waals surface area contributed by atoms with E-state index in [1.54, 1.807) is 14.2 Å². The molecule has 0 fully saturated rings. The summed E-state index contributed by atoms with van der Waals surface area (Å²) >= 11 is 0. The van der Waals surface area contributed by atoms with Crippen LogP contribution in [-0.2, 0) is 21.7 Å². The number of rotatable bonds is 7. The molecule has 1 aromatic heterocycles. The average Bonchev–Trinajstić information content (AvgIpc) is 2.87. The summed E-state index contributed by atoms with van der Waals surface area (Å²) in [7, 11) is 3.30. The number of nitrogens with one attached hydrogen (secondary N) is 1. The highest BCUT2D eigenvalue weighted by molar-refractivity contribution is 5.81. The third-order valence-electron chi connectivity index (χ3n) is 3.83. The van der Waals surface area contributed by atoms with Crippen molar-refractivity contribution in [3.8, 4) is 0 Å². The molecule has 0 saturated heterocycles. The second-order valence-corrected chi connectivity index (χ2v) is 6.07. The molecule has 1 amide bonds. The minimum atomic E-state index is -0.425. The zero-order chi connectivity index (χ0) is 15.4. The number of ether oxygens (including phenoxy) is 1. The molecule has 1 heterocycles. The summed E-state index contributed by atoms with van der Waals surface area (Å²) in [5.74, 6) is 0.0605. The van der Waals surface area contributed by atoms with Gasteiger partial charge in [-0.2, -0.15) is 0 Å². The molecule has 0 aromatic carbocycles. The van der Waals surface area contributed by atoms with Gasteiger partial charge in [0.15, 0.2) is 0 Å². The van der Waals surface area contributed by atoms with E-state index < -0.39 is 5.41 Å². The highest BCUT2D eigenvalue weighted by atomic mass is 16.5. The van der Waals surface area contributed by atoms with Crippen molar-refractivity contribution in [3.63, 3.8) is 0 Å². The Hall–Kier alpha value is -1.43. The molecule has 1 unspecified atom stereocenters. The Labute approximate surface area is 120 Å². The highest BCUT2D eigenvalue weighted by Crippen LogP contribution is 2.35. The fraction of sp³-hybridized carbons (Fsp3) is 0.786. The largest absolute Gasteiger partial charge is 0.378 e. The quantitative estimate of drug-likeness (QED) is 0.826. The van der Waals surface area contributed by atoms with E-state index >= 15 is 0 Å². The van der Waals surface area contributed by atoms with E-state index in [1.165, 1.54) is 0 Å². The molecule has 6 nitrogen and oxygen atoms in total. The smallest absolute Gasteiger partial charge is 0.225 e. The van der Waals surface area contributed by atoms with Crippen LogP contribution in [0.25, 0.3) is 0 Å². The van der Waals surface area contributed by atoms with Crippen LogP contribution >= 0.6 is 0 Å². The lowest BCUT2D eigenvalue weighted by atomic mass is 9.76. The average molecular weight is 282 g/mol. The fourth-order valence-corrected chi connectivity index (χ4v) is 2.51. The van der Waals surface area contributed by atoms with E-state index in [0.717, 1.165) is 12.1 Å². The summed E-state index contributed by atoms with van der Waals surface area (Å²) in [5.41, 5.74) is 0.0701. The van der Waals surface area contributed by atoms with Gasteiger partial charge in [-0.25, -0.2) is 4.68 Å². The van der Waals surface area contributed by atoms with Crippen LogP contribution in [-0.4, -0.2) is 35.1 Å². The maximum Gasteiger partial charge on any atom is 0.225 e. The molecular formula is C14H26N4O2. The van der Waals surface area contributed by atoms with Crippen LogP contribution in [0.1, 0.15) is 46.2 Å². The number of carbonyl (C=O) groups excluding carboxylic acids is 1. The topological polar surface area (TPSA) is 69.0 Å². The van der Waals surface area contributed by atoms with Crippen molar-refractivity contribution in [3.05, 3.63) is 11.9 Å². The maximum absolute atomic E-state index is 12.1. The van der Waals surface area contributed by atoms with Crippen LogP contribution in [0.15, 0.2) is 6.20 Å². The first-order valence-electron chi connectivity index (χ1n) is 6.92. The van der Waals surface area contributed by atoms with E-state index in [9.17, 15) is 4.79 Å². The summed E-state index contributed by atoms with van der Waals surface area (Å²) in [5, 5.41) is 11.0. The van der Waals surface area contributed by atoms with E-state index in [0.29, 0.717) is 13.0 Å². The lowest BCUT2D eigenvalue weighted by Gasteiger charge is -2.35. The summed E-state index contributed by atoms with van der Waals surface area (Å²) in [6.07, 6.45) is 3.34. The molecule has 1 N–H and O–H groups in total. The molecular weight excluding hydrogens is 256 g/mol. The van der Waals surface area contributed by atoms with Gasteiger partial charge in [0.2, 0.25) is 5.91 Å². The predicted octanol–water partition coefficient (Wildman–Crippen LogP) is 1.71. The van der Waals surface area contributed by atoms with Crippen LogP contribution in [0.4, 0.5) is 0 Å². The number of carbonyl (C=O) groups is 1. The molecule has 0 spiro atoms. The first-order valence-corrected chi connectivity index (χ1v) is 6.92. The Morgan fingerprint density at radius 2 is 2.10 bits per heavy atom. The molecule has 20 heavy (non-hydrogen) atoms. The minimum absolute atomic E-state index is 0.0605. The second-order valence-electron chi connectivity index (χ2n) is 6.07. The van der Waals surface area contributed by atoms with Crippen molar-refractivity contribution in [1.82, 2.24) is 20.3 Å². The van der Waals surface area contributed by atoms with Gasteiger partial charge < -0.3 is 10.1 Å². The summed E-state index contributed by atoms with van der Waals surface area (Å²) in [6, 6.07) is 0. The summed E-state index contributed by atoms with van der Waals surface area (Å²) < 4.78 is 6.87. The molecule has 0 aliphatic carbocycles. The zero-order valence-corrected chi connectivity index (χ0v) is 13.4. The highest BCUT2D eigenvalue weighted by Gasteiger charge is 2.38. The first-order chi connectivity index (χ1) is 9.29. The second kappa shape index (κ2) is 6.35. The Bertz CT molecular complexity index is 456. The number of nitrogens with zero attached hydrogens (tertiary/aromatic N) is 3. The third kappa shape index (κ3) is 3.56. The lowest BCUT2D eigenvalue weighted by Crippen LogP contribution is -2.43. The molecule has 114 valence electrons. The van der Waals surface area contributed by atoms with Gasteiger partial charge in [-0.05, 0) is 26.7 Å². The molecule has 1 atom stereocenters. The zero-order valence-electron chi connectivity index (χ0n) is 13.4. The van der Waals surface area contributed by atoms with Gasteiger partial charge >= 0.3 is 0 Å².